The number of halogens is 2. The van der Waals surface area contributed by atoms with Crippen LogP contribution in [0.25, 0.3) is 0 Å². The van der Waals surface area contributed by atoms with Crippen molar-refractivity contribution in [1.82, 2.24) is 5.48 Å². The first-order chi connectivity index (χ1) is 7.31. The molecule has 1 aromatic rings. The molecule has 0 fully saturated rings. The summed E-state index contributed by atoms with van der Waals surface area (Å²) in [6, 6.07) is 3.26. The molecule has 16 heavy (non-hydrogen) atoms. The maximum atomic E-state index is 13.4. The monoisotopic (exact) mass is 229 g/mol. The normalized spacial score (nSPS) is 13.9. The summed E-state index contributed by atoms with van der Waals surface area (Å²) in [4.78, 5) is 5.27. The van der Waals surface area contributed by atoms with Gasteiger partial charge in [0.15, 0.2) is 0 Å². The second-order valence-corrected chi connectivity index (χ2v) is 4.69. The lowest BCUT2D eigenvalue weighted by molar-refractivity contribution is -0.0874. The van der Waals surface area contributed by atoms with Gasteiger partial charge in [-0.1, -0.05) is 6.07 Å². The van der Waals surface area contributed by atoms with E-state index in [0.717, 1.165) is 0 Å². The third-order valence-electron chi connectivity index (χ3n) is 1.97. The molecule has 0 amide bonds. The number of benzene rings is 1. The van der Waals surface area contributed by atoms with Crippen molar-refractivity contribution in [3.8, 4) is 0 Å². The first-order valence-electron chi connectivity index (χ1n) is 5.18. The summed E-state index contributed by atoms with van der Waals surface area (Å²) in [5, 5.41) is 0. The van der Waals surface area contributed by atoms with Crippen LogP contribution in [-0.4, -0.2) is 5.60 Å². The highest BCUT2D eigenvalue weighted by Gasteiger charge is 2.18. The maximum Gasteiger partial charge on any atom is 0.130 e. The van der Waals surface area contributed by atoms with Crippen molar-refractivity contribution in [2.75, 3.05) is 0 Å². The topological polar surface area (TPSA) is 21.3 Å². The molecular formula is C12H17F2NO. The Kier molecular flexibility index (Phi) is 3.99. The Bertz CT molecular complexity index is 340. The predicted octanol–water partition coefficient (Wildman–Crippen LogP) is 3.35. The minimum atomic E-state index is -0.572. The van der Waals surface area contributed by atoms with E-state index in [1.807, 2.05) is 20.8 Å². The van der Waals surface area contributed by atoms with Gasteiger partial charge in [-0.05, 0) is 39.8 Å². The van der Waals surface area contributed by atoms with Crippen LogP contribution in [0, 0.1) is 11.6 Å². The van der Waals surface area contributed by atoms with Crippen molar-refractivity contribution in [2.24, 2.45) is 0 Å². The van der Waals surface area contributed by atoms with Crippen molar-refractivity contribution in [3.63, 3.8) is 0 Å². The summed E-state index contributed by atoms with van der Waals surface area (Å²) in [6.45, 7) is 7.20. The highest BCUT2D eigenvalue weighted by Crippen LogP contribution is 2.21. The molecule has 1 rings (SSSR count). The minimum Gasteiger partial charge on any atom is -0.296 e. The first kappa shape index (κ1) is 13.1. The highest BCUT2D eigenvalue weighted by atomic mass is 19.1. The summed E-state index contributed by atoms with van der Waals surface area (Å²) >= 11 is 0. The fourth-order valence-electron chi connectivity index (χ4n) is 1.25. The first-order valence-corrected chi connectivity index (χ1v) is 5.18. The molecule has 90 valence electrons. The molecular weight excluding hydrogens is 212 g/mol. The largest absolute Gasteiger partial charge is 0.296 e. The van der Waals surface area contributed by atoms with Gasteiger partial charge in [0.05, 0.1) is 11.6 Å². The predicted molar refractivity (Wildman–Crippen MR) is 58.7 cm³/mol. The van der Waals surface area contributed by atoms with Crippen LogP contribution in [0.5, 0.6) is 0 Å². The van der Waals surface area contributed by atoms with Crippen LogP contribution in [0.15, 0.2) is 18.2 Å². The van der Waals surface area contributed by atoms with Gasteiger partial charge in [-0.15, -0.1) is 0 Å². The summed E-state index contributed by atoms with van der Waals surface area (Å²) in [6.07, 6.45) is 0. The van der Waals surface area contributed by atoms with E-state index in [1.54, 1.807) is 6.92 Å². The standard InChI is InChI=1S/C12H17F2NO/c1-8(15-16-12(2,3)4)11-9(13)6-5-7-10(11)14/h5-8,15H,1-4H3. The van der Waals surface area contributed by atoms with E-state index in [0.29, 0.717) is 0 Å². The van der Waals surface area contributed by atoms with Crippen LogP contribution in [0.3, 0.4) is 0 Å². The van der Waals surface area contributed by atoms with Crippen LogP contribution in [0.4, 0.5) is 8.78 Å². The molecule has 0 aliphatic heterocycles. The third-order valence-corrected chi connectivity index (χ3v) is 1.97. The van der Waals surface area contributed by atoms with Gasteiger partial charge in [0.1, 0.15) is 11.6 Å². The van der Waals surface area contributed by atoms with E-state index in [1.165, 1.54) is 18.2 Å². The maximum absolute atomic E-state index is 13.4. The molecule has 0 aliphatic carbocycles. The molecule has 1 N–H and O–H groups in total. The molecule has 0 radical (unpaired) electrons. The SMILES string of the molecule is CC(NOC(C)(C)C)c1c(F)cccc1F. The van der Waals surface area contributed by atoms with Gasteiger partial charge in [-0.3, -0.25) is 4.84 Å². The van der Waals surface area contributed by atoms with Crippen LogP contribution in [0.1, 0.15) is 39.3 Å². The zero-order valence-electron chi connectivity index (χ0n) is 9.97. The molecule has 0 saturated heterocycles. The van der Waals surface area contributed by atoms with E-state index < -0.39 is 23.3 Å². The molecule has 1 unspecified atom stereocenters. The Morgan fingerprint density at radius 1 is 1.19 bits per heavy atom. The molecule has 0 aromatic heterocycles. The second kappa shape index (κ2) is 4.89. The Morgan fingerprint density at radius 3 is 2.12 bits per heavy atom. The molecule has 1 aromatic carbocycles. The van der Waals surface area contributed by atoms with Crippen molar-refractivity contribution < 1.29 is 13.6 Å². The van der Waals surface area contributed by atoms with E-state index in [2.05, 4.69) is 5.48 Å². The van der Waals surface area contributed by atoms with Gasteiger partial charge in [0.2, 0.25) is 0 Å². The van der Waals surface area contributed by atoms with E-state index in [9.17, 15) is 8.78 Å². The molecule has 0 aliphatic rings. The van der Waals surface area contributed by atoms with E-state index >= 15 is 0 Å². The van der Waals surface area contributed by atoms with Crippen molar-refractivity contribution in [1.29, 1.82) is 0 Å². The zero-order chi connectivity index (χ0) is 12.3. The smallest absolute Gasteiger partial charge is 0.130 e. The lowest BCUT2D eigenvalue weighted by atomic mass is 10.1. The van der Waals surface area contributed by atoms with Gasteiger partial charge in [0, 0.05) is 5.56 Å². The average Bonchev–Trinajstić information content (AvgIpc) is 2.13. The molecule has 0 spiro atoms. The van der Waals surface area contributed by atoms with Crippen LogP contribution in [0.2, 0.25) is 0 Å². The number of rotatable bonds is 3. The van der Waals surface area contributed by atoms with Crippen molar-refractivity contribution in [3.05, 3.63) is 35.4 Å². The second-order valence-electron chi connectivity index (χ2n) is 4.69. The fourth-order valence-corrected chi connectivity index (χ4v) is 1.25. The van der Waals surface area contributed by atoms with Crippen LogP contribution in [-0.2, 0) is 4.84 Å². The van der Waals surface area contributed by atoms with Gasteiger partial charge in [-0.25, -0.2) is 8.78 Å². The number of hydrogen-bond acceptors (Lipinski definition) is 2. The molecule has 1 atom stereocenters. The van der Waals surface area contributed by atoms with Gasteiger partial charge in [-0.2, -0.15) is 5.48 Å². The average molecular weight is 229 g/mol. The summed E-state index contributed by atoms with van der Waals surface area (Å²) in [7, 11) is 0. The number of hydrogen-bond donors (Lipinski definition) is 1. The molecule has 0 saturated carbocycles. The summed E-state index contributed by atoms with van der Waals surface area (Å²) in [5.74, 6) is -1.14. The Balaban J connectivity index is 2.77. The molecule has 0 heterocycles. The van der Waals surface area contributed by atoms with Crippen molar-refractivity contribution in [2.45, 2.75) is 39.3 Å². The van der Waals surface area contributed by atoms with Gasteiger partial charge in [0.25, 0.3) is 0 Å². The van der Waals surface area contributed by atoms with Gasteiger partial charge < -0.3 is 0 Å². The fraction of sp³-hybridized carbons (Fsp3) is 0.500. The lowest BCUT2D eigenvalue weighted by Gasteiger charge is -2.23. The van der Waals surface area contributed by atoms with Crippen molar-refractivity contribution >= 4 is 0 Å². The molecule has 0 bridgehead atoms. The summed E-state index contributed by atoms with van der Waals surface area (Å²) in [5.41, 5.74) is 2.23. The summed E-state index contributed by atoms with van der Waals surface area (Å²) < 4.78 is 26.8. The Labute approximate surface area is 94.6 Å². The quantitative estimate of drug-likeness (QED) is 0.802. The Hall–Kier alpha value is -1.00. The number of nitrogens with one attached hydrogen (secondary N) is 1. The Morgan fingerprint density at radius 2 is 1.69 bits per heavy atom. The number of hydroxylamine groups is 1. The zero-order valence-corrected chi connectivity index (χ0v) is 9.97. The lowest BCUT2D eigenvalue weighted by Crippen LogP contribution is -2.31. The van der Waals surface area contributed by atoms with Crippen LogP contribution < -0.4 is 5.48 Å². The molecule has 4 heteroatoms. The minimum absolute atomic E-state index is 0.00764. The van der Waals surface area contributed by atoms with Gasteiger partial charge >= 0.3 is 0 Å². The van der Waals surface area contributed by atoms with Crippen LogP contribution >= 0.6 is 0 Å². The van der Waals surface area contributed by atoms with E-state index in [4.69, 9.17) is 4.84 Å². The molecule has 2 nitrogen and oxygen atoms in total. The van der Waals surface area contributed by atoms with E-state index in [-0.39, 0.29) is 5.56 Å². The highest BCUT2D eigenvalue weighted by molar-refractivity contribution is 5.22. The third kappa shape index (κ3) is 3.54.